The molecule has 8 rings (SSSR count). The largest absolute Gasteiger partial charge is 0.486 e. The minimum absolute atomic E-state index is 0.0166. The number of aromatic amines is 1. The molecular formula is C46H49F3N6O8S. The number of anilines is 1. The van der Waals surface area contributed by atoms with Gasteiger partial charge in [0.1, 0.15) is 17.1 Å². The van der Waals surface area contributed by atoms with E-state index < -0.39 is 43.2 Å². The maximum atomic E-state index is 13.9. The molecule has 1 amide bonds. The van der Waals surface area contributed by atoms with Crippen molar-refractivity contribution in [2.24, 2.45) is 11.3 Å². The molecule has 0 bridgehead atoms. The first-order valence-electron chi connectivity index (χ1n) is 21.2. The highest BCUT2D eigenvalue weighted by Crippen LogP contribution is 2.44. The van der Waals surface area contributed by atoms with Crippen LogP contribution in [-0.2, 0) is 20.9 Å². The van der Waals surface area contributed by atoms with Gasteiger partial charge < -0.3 is 24.1 Å². The minimum atomic E-state index is -4.63. The van der Waals surface area contributed by atoms with E-state index in [1.807, 2.05) is 6.07 Å². The van der Waals surface area contributed by atoms with E-state index >= 15 is 0 Å². The van der Waals surface area contributed by atoms with E-state index in [1.165, 1.54) is 23.9 Å². The third kappa shape index (κ3) is 10.3. The summed E-state index contributed by atoms with van der Waals surface area (Å²) in [6, 6.07) is 17.1. The molecule has 2 fully saturated rings. The lowest BCUT2D eigenvalue weighted by molar-refractivity contribution is -0.386. The van der Waals surface area contributed by atoms with Crippen molar-refractivity contribution in [3.8, 4) is 17.2 Å². The second-order valence-corrected chi connectivity index (χ2v) is 19.0. The summed E-state index contributed by atoms with van der Waals surface area (Å²) in [4.78, 5) is 36.6. The van der Waals surface area contributed by atoms with E-state index in [0.717, 1.165) is 78.6 Å². The number of nitro groups is 1. The number of hydrogen-bond donors (Lipinski definition) is 2. The number of nitrogens with zero attached hydrogens (tertiary/aromatic N) is 4. The van der Waals surface area contributed by atoms with Crippen LogP contribution < -0.4 is 19.1 Å². The van der Waals surface area contributed by atoms with Crippen LogP contribution in [0.1, 0.15) is 67.4 Å². The van der Waals surface area contributed by atoms with Crippen molar-refractivity contribution in [1.29, 1.82) is 0 Å². The normalized spacial score (nSPS) is 18.5. The van der Waals surface area contributed by atoms with Crippen LogP contribution in [0.25, 0.3) is 16.6 Å². The standard InChI is InChI=1S/C46H49F3N6O8S/c1-45(2)15-13-33(39(25-45)31-5-7-34(8-6-31)46(47,48)49)27-53-17-19-54(20-18-53)35-9-11-38(42(23-35)63-36-22-32-14-16-50-43(32)51-26-36)44(56)52-64(59,60)37-10-12-41(40(24-37)55(57)58)62-29-30-4-3-21-61-28-30/h5-12,14,16,22-24,26,30H,3-4,13,15,17-21,25,27-29H2,1-2H3,(H,50,51)(H,52,56). The molecule has 1 aliphatic carbocycles. The van der Waals surface area contributed by atoms with Crippen molar-refractivity contribution < 1.29 is 45.5 Å². The number of fused-ring (bicyclic) bond motifs is 1. The predicted octanol–water partition coefficient (Wildman–Crippen LogP) is 8.99. The van der Waals surface area contributed by atoms with E-state index in [9.17, 15) is 36.5 Å². The number of rotatable bonds is 13. The summed E-state index contributed by atoms with van der Waals surface area (Å²) >= 11 is 0. The molecule has 1 unspecified atom stereocenters. The number of H-pyrrole nitrogens is 1. The fourth-order valence-electron chi connectivity index (χ4n) is 8.50. The van der Waals surface area contributed by atoms with Crippen LogP contribution in [-0.4, -0.2) is 86.7 Å². The second kappa shape index (κ2) is 18.3. The van der Waals surface area contributed by atoms with Crippen molar-refractivity contribution in [1.82, 2.24) is 19.6 Å². The lowest BCUT2D eigenvalue weighted by Crippen LogP contribution is -2.47. The Balaban J connectivity index is 1.000. The SMILES string of the molecule is CC1(C)CCC(CN2CCN(c3ccc(C(=O)NS(=O)(=O)c4ccc(OCC5CCCOC5)c([N+](=O)[O-])c4)c(Oc4cnc5[nH]ccc5c4)c3)CC2)=C(c2ccc(C(F)(F)F)cc2)C1. The smallest absolute Gasteiger partial charge is 0.416 e. The Kier molecular flexibility index (Phi) is 12.7. The van der Waals surface area contributed by atoms with Gasteiger partial charge in [-0.2, -0.15) is 13.2 Å². The molecule has 14 nitrogen and oxygen atoms in total. The number of carbonyl (C=O) groups is 1. The first-order valence-corrected chi connectivity index (χ1v) is 22.7. The first kappa shape index (κ1) is 44.6. The summed E-state index contributed by atoms with van der Waals surface area (Å²) in [5.74, 6) is -0.721. The maximum absolute atomic E-state index is 13.9. The molecule has 0 radical (unpaired) electrons. The average Bonchev–Trinajstić information content (AvgIpc) is 3.74. The summed E-state index contributed by atoms with van der Waals surface area (Å²) < 4.78 is 86.9. The lowest BCUT2D eigenvalue weighted by Gasteiger charge is -2.39. The zero-order chi connectivity index (χ0) is 45.2. The van der Waals surface area contributed by atoms with Crippen molar-refractivity contribution in [3.63, 3.8) is 0 Å². The van der Waals surface area contributed by atoms with Crippen molar-refractivity contribution >= 4 is 43.9 Å². The molecule has 1 atom stereocenters. The zero-order valence-electron chi connectivity index (χ0n) is 35.4. The molecule has 2 aliphatic heterocycles. The van der Waals surface area contributed by atoms with Crippen LogP contribution in [0.15, 0.2) is 95.7 Å². The van der Waals surface area contributed by atoms with Crippen LogP contribution in [0.4, 0.5) is 24.5 Å². The summed E-state index contributed by atoms with van der Waals surface area (Å²) in [6.07, 6.45) is 3.07. The molecule has 2 aromatic heterocycles. The third-order valence-electron chi connectivity index (χ3n) is 12.1. The van der Waals surface area contributed by atoms with Gasteiger partial charge >= 0.3 is 11.9 Å². The van der Waals surface area contributed by atoms with E-state index in [0.29, 0.717) is 57.3 Å². The average molecular weight is 903 g/mol. The molecule has 4 heterocycles. The maximum Gasteiger partial charge on any atom is 0.416 e. The molecule has 2 N–H and O–H groups in total. The zero-order valence-corrected chi connectivity index (χ0v) is 36.3. The van der Waals surface area contributed by atoms with Gasteiger partial charge in [0.15, 0.2) is 5.75 Å². The molecule has 3 aromatic carbocycles. The summed E-state index contributed by atoms with van der Waals surface area (Å²) in [5, 5.41) is 12.8. The molecule has 2 saturated heterocycles. The number of pyridine rings is 1. The molecule has 338 valence electrons. The van der Waals surface area contributed by atoms with Gasteiger partial charge in [-0.3, -0.25) is 19.8 Å². The highest BCUT2D eigenvalue weighted by molar-refractivity contribution is 7.90. The number of nitrogens with one attached hydrogen (secondary N) is 2. The van der Waals surface area contributed by atoms with Crippen LogP contribution in [0.5, 0.6) is 17.2 Å². The van der Waals surface area contributed by atoms with Crippen LogP contribution in [0.3, 0.4) is 0 Å². The van der Waals surface area contributed by atoms with Gasteiger partial charge in [0.2, 0.25) is 0 Å². The van der Waals surface area contributed by atoms with E-state index in [-0.39, 0.29) is 35.0 Å². The van der Waals surface area contributed by atoms with E-state index in [2.05, 4.69) is 38.3 Å². The number of allylic oxidation sites excluding steroid dienone is 1. The van der Waals surface area contributed by atoms with Crippen molar-refractivity contribution in [3.05, 3.63) is 118 Å². The van der Waals surface area contributed by atoms with Crippen molar-refractivity contribution in [2.45, 2.75) is 57.0 Å². The Labute approximate surface area is 368 Å². The van der Waals surface area contributed by atoms with Gasteiger partial charge in [0.05, 0.1) is 40.4 Å². The second-order valence-electron chi connectivity index (χ2n) is 17.3. The number of amides is 1. The number of benzene rings is 3. The quantitative estimate of drug-likeness (QED) is 0.0855. The number of alkyl halides is 3. The summed E-state index contributed by atoms with van der Waals surface area (Å²) in [5.41, 5.74) is 3.16. The number of aromatic nitrogens is 2. The Morgan fingerprint density at radius 1 is 1.03 bits per heavy atom. The number of piperazine rings is 1. The van der Waals surface area contributed by atoms with Crippen LogP contribution in [0, 0.1) is 21.4 Å². The minimum Gasteiger partial charge on any atom is -0.486 e. The molecule has 0 spiro atoms. The number of hydrogen-bond acceptors (Lipinski definition) is 11. The predicted molar refractivity (Wildman–Crippen MR) is 234 cm³/mol. The molecule has 18 heteroatoms. The lowest BCUT2D eigenvalue weighted by atomic mass is 9.72. The number of ether oxygens (including phenoxy) is 3. The highest BCUT2D eigenvalue weighted by Gasteiger charge is 2.33. The number of nitro benzene ring substituents is 1. The molecular weight excluding hydrogens is 854 g/mol. The fraction of sp³-hybridized carbons (Fsp3) is 0.391. The molecule has 3 aliphatic rings. The van der Waals surface area contributed by atoms with Gasteiger partial charge in [0.25, 0.3) is 15.9 Å². The van der Waals surface area contributed by atoms with Crippen molar-refractivity contribution in [2.75, 3.05) is 57.4 Å². The van der Waals surface area contributed by atoms with Gasteiger partial charge in [-0.15, -0.1) is 0 Å². The molecule has 0 saturated carbocycles. The first-order chi connectivity index (χ1) is 30.5. The van der Waals surface area contributed by atoms with Gasteiger partial charge in [-0.1, -0.05) is 31.6 Å². The Morgan fingerprint density at radius 3 is 2.53 bits per heavy atom. The van der Waals surface area contributed by atoms with E-state index in [1.54, 1.807) is 36.5 Å². The third-order valence-corrected chi connectivity index (χ3v) is 13.4. The summed E-state index contributed by atoms with van der Waals surface area (Å²) in [6.45, 7) is 8.91. The van der Waals surface area contributed by atoms with Crippen LogP contribution >= 0.6 is 0 Å². The Bertz CT molecular complexity index is 2670. The monoisotopic (exact) mass is 902 g/mol. The van der Waals surface area contributed by atoms with E-state index in [4.69, 9.17) is 14.2 Å². The van der Waals surface area contributed by atoms with Gasteiger partial charge in [-0.25, -0.2) is 18.1 Å². The van der Waals surface area contributed by atoms with Gasteiger partial charge in [0, 0.05) is 74.7 Å². The molecule has 64 heavy (non-hydrogen) atoms. The van der Waals surface area contributed by atoms with Crippen LogP contribution in [0.2, 0.25) is 0 Å². The Morgan fingerprint density at radius 2 is 1.81 bits per heavy atom. The number of halogens is 3. The Hall–Kier alpha value is -5.98. The summed E-state index contributed by atoms with van der Waals surface area (Å²) in [7, 11) is -4.63. The van der Waals surface area contributed by atoms with Gasteiger partial charge in [-0.05, 0) is 97.2 Å². The molecule has 5 aromatic rings. The topological polar surface area (TPSA) is 169 Å². The number of sulfonamides is 1. The fourth-order valence-corrected chi connectivity index (χ4v) is 9.49. The highest BCUT2D eigenvalue weighted by atomic mass is 32.2. The number of carbonyl (C=O) groups excluding carboxylic acids is 1.